The molecule has 0 aliphatic carbocycles. The highest BCUT2D eigenvalue weighted by Crippen LogP contribution is 2.18. The second-order valence-corrected chi connectivity index (χ2v) is 22.7. The third-order valence-electron chi connectivity index (χ3n) is 15.1. The zero-order chi connectivity index (χ0) is 55.0. The highest BCUT2D eigenvalue weighted by Gasteiger charge is 2.19. The number of carbonyl (C=O) groups is 3. The molecule has 0 aromatic heterocycles. The molecule has 0 aliphatic heterocycles. The molecule has 6 heteroatoms. The van der Waals surface area contributed by atoms with Crippen molar-refractivity contribution in [2.45, 2.75) is 367 Å². The lowest BCUT2D eigenvalue weighted by molar-refractivity contribution is -0.167. The van der Waals surface area contributed by atoms with Crippen LogP contribution in [0.4, 0.5) is 0 Å². The van der Waals surface area contributed by atoms with Gasteiger partial charge < -0.3 is 14.2 Å². The maximum atomic E-state index is 12.9. The van der Waals surface area contributed by atoms with E-state index < -0.39 is 6.10 Å². The van der Waals surface area contributed by atoms with Crippen LogP contribution in [0.2, 0.25) is 0 Å². The Kier molecular flexibility index (Phi) is 62.6. The van der Waals surface area contributed by atoms with Crippen LogP contribution in [-0.2, 0) is 28.6 Å². The van der Waals surface area contributed by atoms with E-state index in [1.165, 1.54) is 244 Å². The summed E-state index contributed by atoms with van der Waals surface area (Å²) >= 11 is 0. The Morgan fingerprint density at radius 2 is 0.474 bits per heavy atom. The van der Waals surface area contributed by atoms with E-state index in [2.05, 4.69) is 69.4 Å². The van der Waals surface area contributed by atoms with E-state index in [1.54, 1.807) is 0 Å². The summed E-state index contributed by atoms with van der Waals surface area (Å²) in [4.78, 5) is 38.4. The molecule has 0 spiro atoms. The molecule has 0 N–H and O–H groups in total. The Morgan fingerprint density at radius 1 is 0.263 bits per heavy atom. The standard InChI is InChI=1S/C70H128O6/c1-4-7-10-13-16-19-22-25-28-31-34-35-37-39-42-45-48-51-54-57-60-63-69(72)75-66-67(65-74-68(71)62-59-56-53-50-47-44-41-38-33-30-27-24-21-18-15-12-9-6-3)76-70(73)64-61-58-55-52-49-46-43-40-36-32-29-26-23-20-17-14-11-8-5-2/h17,20,26,29-30,33,36,40,67H,4-16,18-19,21-25,27-28,31-32,34-35,37-39,41-66H2,1-3H3/b20-17-,29-26-,33-30-,40-36-. The highest BCUT2D eigenvalue weighted by molar-refractivity contribution is 5.71. The van der Waals surface area contributed by atoms with Crippen LogP contribution < -0.4 is 0 Å². The van der Waals surface area contributed by atoms with Gasteiger partial charge in [0.05, 0.1) is 0 Å². The molecule has 76 heavy (non-hydrogen) atoms. The van der Waals surface area contributed by atoms with Gasteiger partial charge in [-0.25, -0.2) is 0 Å². The summed E-state index contributed by atoms with van der Waals surface area (Å²) in [5.41, 5.74) is 0. The van der Waals surface area contributed by atoms with Crippen molar-refractivity contribution in [3.05, 3.63) is 48.6 Å². The van der Waals surface area contributed by atoms with Crippen molar-refractivity contribution >= 4 is 17.9 Å². The molecule has 0 saturated heterocycles. The van der Waals surface area contributed by atoms with Gasteiger partial charge in [-0.05, 0) is 83.5 Å². The minimum atomic E-state index is -0.781. The molecule has 0 aromatic rings. The third kappa shape index (κ3) is 62.2. The lowest BCUT2D eigenvalue weighted by Crippen LogP contribution is -2.30. The van der Waals surface area contributed by atoms with Crippen molar-refractivity contribution in [3.8, 4) is 0 Å². The summed E-state index contributed by atoms with van der Waals surface area (Å²) in [5.74, 6) is -0.869. The molecular weight excluding hydrogens is 937 g/mol. The molecule has 0 aliphatic rings. The average molecular weight is 1070 g/mol. The molecule has 6 nitrogen and oxygen atoms in total. The molecular formula is C70H128O6. The number of unbranched alkanes of at least 4 members (excludes halogenated alkanes) is 43. The Morgan fingerprint density at radius 3 is 0.776 bits per heavy atom. The first-order chi connectivity index (χ1) is 37.5. The van der Waals surface area contributed by atoms with Crippen molar-refractivity contribution in [1.82, 2.24) is 0 Å². The quantitative estimate of drug-likeness (QED) is 0.0261. The summed E-state index contributed by atoms with van der Waals surface area (Å²) in [7, 11) is 0. The van der Waals surface area contributed by atoms with Crippen LogP contribution >= 0.6 is 0 Å². The molecule has 0 amide bonds. The van der Waals surface area contributed by atoms with E-state index >= 15 is 0 Å². The van der Waals surface area contributed by atoms with E-state index in [9.17, 15) is 14.4 Å². The molecule has 0 bridgehead atoms. The predicted molar refractivity (Wildman–Crippen MR) is 330 cm³/mol. The number of allylic oxidation sites excluding steroid dienone is 8. The van der Waals surface area contributed by atoms with Crippen LogP contribution in [-0.4, -0.2) is 37.2 Å². The largest absolute Gasteiger partial charge is 0.462 e. The first-order valence-electron chi connectivity index (χ1n) is 33.6. The third-order valence-corrected chi connectivity index (χ3v) is 15.1. The molecule has 0 saturated carbocycles. The lowest BCUT2D eigenvalue weighted by Gasteiger charge is -2.18. The molecule has 1 atom stereocenters. The van der Waals surface area contributed by atoms with Gasteiger partial charge in [0, 0.05) is 19.3 Å². The minimum absolute atomic E-state index is 0.0760. The van der Waals surface area contributed by atoms with Gasteiger partial charge >= 0.3 is 17.9 Å². The van der Waals surface area contributed by atoms with Gasteiger partial charge in [0.2, 0.25) is 0 Å². The fourth-order valence-corrected chi connectivity index (χ4v) is 9.98. The number of hydrogen-bond acceptors (Lipinski definition) is 6. The SMILES string of the molecule is CCCCC/C=C\C/C=C\C/C=C\CCCCCCCCC(=O)OC(COC(=O)CCCCCCCCC/C=C\CCCCCCCCC)COC(=O)CCCCCCCCCCCCCCCCCCCCCCC. The van der Waals surface area contributed by atoms with E-state index in [0.29, 0.717) is 19.3 Å². The van der Waals surface area contributed by atoms with Crippen molar-refractivity contribution in [1.29, 1.82) is 0 Å². The fraction of sp³-hybridized carbons (Fsp3) is 0.843. The summed E-state index contributed by atoms with van der Waals surface area (Å²) in [5, 5.41) is 0. The molecule has 0 radical (unpaired) electrons. The second-order valence-electron chi connectivity index (χ2n) is 22.7. The van der Waals surface area contributed by atoms with Crippen molar-refractivity contribution in [3.63, 3.8) is 0 Å². The Bertz CT molecular complexity index is 1310. The van der Waals surface area contributed by atoms with Gasteiger partial charge in [-0.1, -0.05) is 307 Å². The van der Waals surface area contributed by atoms with Gasteiger partial charge in [0.1, 0.15) is 13.2 Å². The van der Waals surface area contributed by atoms with Crippen molar-refractivity contribution < 1.29 is 28.6 Å². The smallest absolute Gasteiger partial charge is 0.306 e. The monoisotopic (exact) mass is 1060 g/mol. The first kappa shape index (κ1) is 73.4. The minimum Gasteiger partial charge on any atom is -0.462 e. The van der Waals surface area contributed by atoms with Crippen LogP contribution in [0.1, 0.15) is 361 Å². The molecule has 0 fully saturated rings. The zero-order valence-electron chi connectivity index (χ0n) is 51.0. The number of esters is 3. The molecule has 1 unspecified atom stereocenters. The van der Waals surface area contributed by atoms with Gasteiger partial charge in [-0.15, -0.1) is 0 Å². The van der Waals surface area contributed by atoms with Crippen LogP contribution in [0.15, 0.2) is 48.6 Å². The Hall–Kier alpha value is -2.63. The summed E-state index contributed by atoms with van der Waals surface area (Å²) < 4.78 is 17.0. The van der Waals surface area contributed by atoms with E-state index in [-0.39, 0.29) is 31.1 Å². The average Bonchev–Trinajstić information content (AvgIpc) is 3.42. The Labute approximate surface area is 473 Å². The van der Waals surface area contributed by atoms with Crippen molar-refractivity contribution in [2.24, 2.45) is 0 Å². The molecule has 0 rings (SSSR count). The summed E-state index contributed by atoms with van der Waals surface area (Å²) in [6.07, 6.45) is 81.2. The highest BCUT2D eigenvalue weighted by atomic mass is 16.6. The van der Waals surface area contributed by atoms with Gasteiger partial charge in [-0.2, -0.15) is 0 Å². The zero-order valence-corrected chi connectivity index (χ0v) is 51.0. The number of ether oxygens (including phenoxy) is 3. The number of carbonyl (C=O) groups excluding carboxylic acids is 3. The topological polar surface area (TPSA) is 78.9 Å². The Balaban J connectivity index is 4.35. The van der Waals surface area contributed by atoms with E-state index in [0.717, 1.165) is 77.0 Å². The lowest BCUT2D eigenvalue weighted by atomic mass is 10.0. The summed E-state index contributed by atoms with van der Waals surface area (Å²) in [6, 6.07) is 0. The molecule has 444 valence electrons. The fourth-order valence-electron chi connectivity index (χ4n) is 9.98. The number of hydrogen-bond donors (Lipinski definition) is 0. The normalized spacial score (nSPS) is 12.3. The van der Waals surface area contributed by atoms with Gasteiger partial charge in [0.25, 0.3) is 0 Å². The maximum Gasteiger partial charge on any atom is 0.306 e. The first-order valence-corrected chi connectivity index (χ1v) is 33.6. The number of rotatable bonds is 62. The van der Waals surface area contributed by atoms with Gasteiger partial charge in [-0.3, -0.25) is 14.4 Å². The molecule has 0 heterocycles. The van der Waals surface area contributed by atoms with E-state index in [1.807, 2.05) is 0 Å². The van der Waals surface area contributed by atoms with Crippen LogP contribution in [0, 0.1) is 0 Å². The van der Waals surface area contributed by atoms with E-state index in [4.69, 9.17) is 14.2 Å². The predicted octanol–water partition coefficient (Wildman–Crippen LogP) is 22.9. The van der Waals surface area contributed by atoms with Crippen LogP contribution in [0.3, 0.4) is 0 Å². The van der Waals surface area contributed by atoms with Crippen molar-refractivity contribution in [2.75, 3.05) is 13.2 Å². The van der Waals surface area contributed by atoms with Crippen LogP contribution in [0.25, 0.3) is 0 Å². The molecule has 0 aromatic carbocycles. The van der Waals surface area contributed by atoms with Crippen LogP contribution in [0.5, 0.6) is 0 Å². The second kappa shape index (κ2) is 64.9. The summed E-state index contributed by atoms with van der Waals surface area (Å²) in [6.45, 7) is 6.66. The maximum absolute atomic E-state index is 12.9. The van der Waals surface area contributed by atoms with Gasteiger partial charge in [0.15, 0.2) is 6.10 Å².